The van der Waals surface area contributed by atoms with Crippen molar-refractivity contribution >= 4 is 34.3 Å². The predicted octanol–water partition coefficient (Wildman–Crippen LogP) is 1.29. The van der Waals surface area contributed by atoms with Gasteiger partial charge in [-0.3, -0.25) is 0 Å². The van der Waals surface area contributed by atoms with Gasteiger partial charge >= 0.3 is 0 Å². The van der Waals surface area contributed by atoms with Crippen LogP contribution in [0.2, 0.25) is 0 Å². The standard InChI is InChI=1S/C4H8Si.2ClH/c1-3-5-4-2;;/h3-4H,1-2,5H2;2*1H. The van der Waals surface area contributed by atoms with Crippen molar-refractivity contribution in [3.8, 4) is 0 Å². The highest BCUT2D eigenvalue weighted by atomic mass is 35.5. The van der Waals surface area contributed by atoms with Gasteiger partial charge < -0.3 is 0 Å². The second-order valence-corrected chi connectivity index (χ2v) is 2.44. The Morgan fingerprint density at radius 3 is 1.29 bits per heavy atom. The summed E-state index contributed by atoms with van der Waals surface area (Å²) in [5.74, 6) is 0. The molecule has 0 bridgehead atoms. The normalized spacial score (nSPS) is 4.57. The van der Waals surface area contributed by atoms with E-state index in [4.69, 9.17) is 0 Å². The van der Waals surface area contributed by atoms with Gasteiger partial charge in [-0.15, -0.1) is 49.4 Å². The largest absolute Gasteiger partial charge is 0.147 e. The Balaban J connectivity index is -0.0000000800. The molecule has 0 aliphatic carbocycles. The lowest BCUT2D eigenvalue weighted by atomic mass is 11.2. The molecule has 0 amide bonds. The molecule has 0 rings (SSSR count). The molecule has 44 valence electrons. The van der Waals surface area contributed by atoms with Crippen molar-refractivity contribution in [1.29, 1.82) is 0 Å². The Morgan fingerprint density at radius 2 is 1.29 bits per heavy atom. The molecular weight excluding hydrogens is 147 g/mol. The molecule has 0 N–H and O–H groups in total. The molecule has 7 heavy (non-hydrogen) atoms. The third-order valence-electron chi connectivity index (χ3n) is 0.333. The van der Waals surface area contributed by atoms with Crippen molar-refractivity contribution in [2.75, 3.05) is 0 Å². The lowest BCUT2D eigenvalue weighted by molar-refractivity contribution is 2.44. The van der Waals surface area contributed by atoms with Crippen LogP contribution in [0.1, 0.15) is 0 Å². The molecule has 0 aromatic rings. The second-order valence-electron chi connectivity index (χ2n) is 0.813. The summed E-state index contributed by atoms with van der Waals surface area (Å²) in [6.45, 7) is 7.08. The monoisotopic (exact) mass is 156 g/mol. The first-order valence-electron chi connectivity index (χ1n) is 1.63. The van der Waals surface area contributed by atoms with E-state index in [9.17, 15) is 0 Å². The summed E-state index contributed by atoms with van der Waals surface area (Å²) in [5, 5.41) is 0. The van der Waals surface area contributed by atoms with Crippen LogP contribution in [-0.4, -0.2) is 9.52 Å². The molecule has 0 aromatic heterocycles. The van der Waals surface area contributed by atoms with Gasteiger partial charge in [0.15, 0.2) is 0 Å². The molecular formula is C4H10Cl2Si. The van der Waals surface area contributed by atoms with E-state index in [0.29, 0.717) is 0 Å². The van der Waals surface area contributed by atoms with Crippen molar-refractivity contribution in [1.82, 2.24) is 0 Å². The summed E-state index contributed by atoms with van der Waals surface area (Å²) < 4.78 is 0. The third-order valence-corrected chi connectivity index (χ3v) is 1.00. The Morgan fingerprint density at radius 1 is 1.00 bits per heavy atom. The molecule has 0 saturated carbocycles. The molecule has 0 saturated heterocycles. The predicted molar refractivity (Wildman–Crippen MR) is 43.4 cm³/mol. The lowest BCUT2D eigenvalue weighted by Gasteiger charge is -1.62. The minimum absolute atomic E-state index is 0. The molecule has 0 radical (unpaired) electrons. The fourth-order valence-electron chi connectivity index (χ4n) is 0.118. The summed E-state index contributed by atoms with van der Waals surface area (Å²) >= 11 is 0. The van der Waals surface area contributed by atoms with E-state index < -0.39 is 0 Å². The Bertz CT molecular complexity index is 39.0. The van der Waals surface area contributed by atoms with Crippen LogP contribution in [0.4, 0.5) is 0 Å². The fourth-order valence-corrected chi connectivity index (χ4v) is 0.354. The van der Waals surface area contributed by atoms with Gasteiger partial charge in [0, 0.05) is 0 Å². The Hall–Kier alpha value is 0.277. The number of rotatable bonds is 2. The first kappa shape index (κ1) is 15.7. The van der Waals surface area contributed by atoms with Gasteiger partial charge in [0.2, 0.25) is 0 Å². The maximum absolute atomic E-state index is 3.54. The van der Waals surface area contributed by atoms with Crippen LogP contribution in [0, 0.1) is 0 Å². The van der Waals surface area contributed by atoms with E-state index in [1.165, 1.54) is 0 Å². The van der Waals surface area contributed by atoms with Gasteiger partial charge in [-0.05, 0) is 0 Å². The minimum Gasteiger partial charge on any atom is -0.147 e. The van der Waals surface area contributed by atoms with Gasteiger partial charge in [-0.25, -0.2) is 0 Å². The highest BCUT2D eigenvalue weighted by Gasteiger charge is 1.55. The lowest BCUT2D eigenvalue weighted by Crippen LogP contribution is -1.67. The molecule has 0 aliphatic heterocycles. The van der Waals surface area contributed by atoms with E-state index >= 15 is 0 Å². The molecule has 0 nitrogen and oxygen atoms in total. The fraction of sp³-hybridized carbons (Fsp3) is 0. The van der Waals surface area contributed by atoms with Gasteiger partial charge in [0.25, 0.3) is 0 Å². The van der Waals surface area contributed by atoms with Gasteiger partial charge in [0.05, 0.1) is 9.52 Å². The van der Waals surface area contributed by atoms with Crippen LogP contribution >= 0.6 is 24.8 Å². The zero-order valence-electron chi connectivity index (χ0n) is 4.09. The van der Waals surface area contributed by atoms with Crippen molar-refractivity contribution < 1.29 is 0 Å². The van der Waals surface area contributed by atoms with E-state index in [1.54, 1.807) is 0 Å². The van der Waals surface area contributed by atoms with Crippen LogP contribution in [0.25, 0.3) is 0 Å². The van der Waals surface area contributed by atoms with Gasteiger partial charge in [-0.1, -0.05) is 0 Å². The van der Waals surface area contributed by atoms with E-state index in [2.05, 4.69) is 13.2 Å². The van der Waals surface area contributed by atoms with E-state index in [0.717, 1.165) is 0 Å². The molecule has 0 unspecified atom stereocenters. The van der Waals surface area contributed by atoms with E-state index in [-0.39, 0.29) is 34.3 Å². The van der Waals surface area contributed by atoms with Crippen molar-refractivity contribution in [3.63, 3.8) is 0 Å². The summed E-state index contributed by atoms with van der Waals surface area (Å²) in [6, 6.07) is 0. The van der Waals surface area contributed by atoms with Gasteiger partial charge in [0.1, 0.15) is 0 Å². The molecule has 0 aromatic carbocycles. The second kappa shape index (κ2) is 16.3. The zero-order chi connectivity index (χ0) is 4.12. The Labute approximate surface area is 59.3 Å². The molecule has 3 heteroatoms. The van der Waals surface area contributed by atoms with Crippen LogP contribution in [0.3, 0.4) is 0 Å². The maximum Gasteiger partial charge on any atom is 0.0676 e. The Kier molecular flexibility index (Phi) is 36.4. The van der Waals surface area contributed by atoms with Crippen molar-refractivity contribution in [2.24, 2.45) is 0 Å². The van der Waals surface area contributed by atoms with Gasteiger partial charge in [-0.2, -0.15) is 0 Å². The SMILES string of the molecule is C=C[SiH2]C=C.Cl.Cl. The number of halogens is 2. The highest BCUT2D eigenvalue weighted by molar-refractivity contribution is 6.47. The minimum atomic E-state index is -0.0401. The maximum atomic E-state index is 3.54. The third kappa shape index (κ3) is 22.1. The molecule has 0 fully saturated rings. The smallest absolute Gasteiger partial charge is 0.0676 e. The van der Waals surface area contributed by atoms with Crippen LogP contribution in [-0.2, 0) is 0 Å². The zero-order valence-corrected chi connectivity index (χ0v) is 7.14. The van der Waals surface area contributed by atoms with Crippen LogP contribution < -0.4 is 0 Å². The summed E-state index contributed by atoms with van der Waals surface area (Å²) in [5.41, 5.74) is 3.90. The summed E-state index contributed by atoms with van der Waals surface area (Å²) in [6.07, 6.45) is 0. The number of hydrogen-bond acceptors (Lipinski definition) is 0. The quantitative estimate of drug-likeness (QED) is 0.530. The molecule has 0 aliphatic rings. The van der Waals surface area contributed by atoms with Crippen molar-refractivity contribution in [2.45, 2.75) is 0 Å². The van der Waals surface area contributed by atoms with E-state index in [1.807, 2.05) is 11.4 Å². The van der Waals surface area contributed by atoms with Crippen LogP contribution in [0.15, 0.2) is 24.6 Å². The first-order valence-corrected chi connectivity index (χ1v) is 3.27. The molecule has 0 atom stereocenters. The average Bonchev–Trinajstić information content (AvgIpc) is 1.41. The topological polar surface area (TPSA) is 0 Å². The first-order chi connectivity index (χ1) is 2.41. The molecule has 0 heterocycles. The highest BCUT2D eigenvalue weighted by Crippen LogP contribution is 1.55. The van der Waals surface area contributed by atoms with Crippen molar-refractivity contribution in [3.05, 3.63) is 24.6 Å². The van der Waals surface area contributed by atoms with Crippen LogP contribution in [0.5, 0.6) is 0 Å². The summed E-state index contributed by atoms with van der Waals surface area (Å²) in [7, 11) is -0.0401. The summed E-state index contributed by atoms with van der Waals surface area (Å²) in [4.78, 5) is 0. The molecule has 0 spiro atoms. The number of hydrogen-bond donors (Lipinski definition) is 0. The average molecular weight is 157 g/mol.